The van der Waals surface area contributed by atoms with E-state index in [1.54, 1.807) is 13.8 Å². The van der Waals surface area contributed by atoms with Crippen LogP contribution in [0.1, 0.15) is 26.7 Å². The van der Waals surface area contributed by atoms with Crippen molar-refractivity contribution in [1.82, 2.24) is 16.0 Å². The van der Waals surface area contributed by atoms with Gasteiger partial charge >= 0.3 is 11.9 Å². The summed E-state index contributed by atoms with van der Waals surface area (Å²) in [6, 6.07) is -5.06. The Morgan fingerprint density at radius 3 is 1.90 bits per heavy atom. The lowest BCUT2D eigenvalue weighted by Gasteiger charge is -2.26. The van der Waals surface area contributed by atoms with Gasteiger partial charge in [-0.25, -0.2) is 4.79 Å². The second kappa shape index (κ2) is 13.0. The molecule has 0 spiro atoms. The van der Waals surface area contributed by atoms with Crippen LogP contribution in [0, 0.1) is 5.92 Å². The number of thiol groups is 1. The van der Waals surface area contributed by atoms with Crippen LogP contribution in [0.4, 0.5) is 0 Å². The van der Waals surface area contributed by atoms with Gasteiger partial charge in [-0.2, -0.15) is 12.6 Å². The molecule has 12 nitrogen and oxygen atoms in total. The first-order valence-corrected chi connectivity index (χ1v) is 9.40. The van der Waals surface area contributed by atoms with Crippen molar-refractivity contribution in [3.05, 3.63) is 0 Å². The Labute approximate surface area is 173 Å². The number of nitrogens with two attached hydrogens (primary N) is 1. The molecule has 13 heteroatoms. The maximum Gasteiger partial charge on any atom is 0.328 e. The standard InChI is InChI=1S/C16H28N4O8S/c1-7(2)12(15(26)19-10(5-21)16(27)28)20-14(25)9(3-4-11(22)23)18-13(24)8(17)6-29/h7-10,12,21,29H,3-6,17H2,1-2H3,(H,18,24)(H,19,26)(H,20,25)(H,22,23)(H,27,28). The fourth-order valence-corrected chi connectivity index (χ4v) is 2.30. The lowest BCUT2D eigenvalue weighted by atomic mass is 10.0. The summed E-state index contributed by atoms with van der Waals surface area (Å²) in [7, 11) is 0. The summed E-state index contributed by atoms with van der Waals surface area (Å²) >= 11 is 3.88. The number of rotatable bonds is 13. The zero-order valence-electron chi connectivity index (χ0n) is 16.1. The number of carboxylic acids is 2. The Morgan fingerprint density at radius 1 is 0.931 bits per heavy atom. The molecule has 0 aliphatic carbocycles. The number of carbonyl (C=O) groups is 5. The van der Waals surface area contributed by atoms with Gasteiger partial charge in [0.15, 0.2) is 0 Å². The summed E-state index contributed by atoms with van der Waals surface area (Å²) in [6.45, 7) is 2.32. The fraction of sp³-hybridized carbons (Fsp3) is 0.688. The lowest BCUT2D eigenvalue weighted by molar-refractivity contribution is -0.143. The van der Waals surface area contributed by atoms with Gasteiger partial charge in [-0.1, -0.05) is 13.8 Å². The van der Waals surface area contributed by atoms with Gasteiger partial charge in [0.2, 0.25) is 17.7 Å². The minimum atomic E-state index is -1.56. The zero-order chi connectivity index (χ0) is 22.7. The van der Waals surface area contributed by atoms with Crippen molar-refractivity contribution >= 4 is 42.3 Å². The van der Waals surface area contributed by atoms with E-state index in [0.717, 1.165) is 0 Å². The molecule has 0 radical (unpaired) electrons. The molecule has 0 saturated heterocycles. The van der Waals surface area contributed by atoms with Crippen molar-refractivity contribution in [2.45, 2.75) is 50.9 Å². The Morgan fingerprint density at radius 2 is 1.48 bits per heavy atom. The summed E-state index contributed by atoms with van der Waals surface area (Å²) in [6.07, 6.45) is -0.689. The highest BCUT2D eigenvalue weighted by molar-refractivity contribution is 7.80. The minimum absolute atomic E-state index is 0.00609. The van der Waals surface area contributed by atoms with Gasteiger partial charge < -0.3 is 37.0 Å². The second-order valence-electron chi connectivity index (χ2n) is 6.59. The average molecular weight is 436 g/mol. The molecular weight excluding hydrogens is 408 g/mol. The Bertz CT molecular complexity index is 616. The summed E-state index contributed by atoms with van der Waals surface area (Å²) in [5.74, 6) is -5.55. The number of aliphatic hydroxyl groups is 1. The van der Waals surface area contributed by atoms with E-state index in [1.807, 2.05) is 0 Å². The molecule has 4 atom stereocenters. The van der Waals surface area contributed by atoms with Crippen LogP contribution in [0.3, 0.4) is 0 Å². The molecule has 0 rings (SSSR count). The normalized spacial score (nSPS) is 15.0. The van der Waals surface area contributed by atoms with Crippen LogP contribution < -0.4 is 21.7 Å². The van der Waals surface area contributed by atoms with Crippen molar-refractivity contribution in [1.29, 1.82) is 0 Å². The van der Waals surface area contributed by atoms with Crippen molar-refractivity contribution in [3.8, 4) is 0 Å². The van der Waals surface area contributed by atoms with Gasteiger partial charge in [-0.3, -0.25) is 19.2 Å². The molecule has 0 aromatic carbocycles. The van der Waals surface area contributed by atoms with Gasteiger partial charge in [0, 0.05) is 12.2 Å². The van der Waals surface area contributed by atoms with Crippen molar-refractivity contribution in [2.75, 3.05) is 12.4 Å². The van der Waals surface area contributed by atoms with E-state index >= 15 is 0 Å². The molecule has 0 aromatic rings. The van der Waals surface area contributed by atoms with Gasteiger partial charge in [-0.05, 0) is 12.3 Å². The summed E-state index contributed by atoms with van der Waals surface area (Å²) in [5.41, 5.74) is 5.54. The van der Waals surface area contributed by atoms with Gasteiger partial charge in [0.25, 0.3) is 0 Å². The van der Waals surface area contributed by atoms with Crippen LogP contribution in [0.2, 0.25) is 0 Å². The highest BCUT2D eigenvalue weighted by atomic mass is 32.1. The van der Waals surface area contributed by atoms with Gasteiger partial charge in [-0.15, -0.1) is 0 Å². The number of carbonyl (C=O) groups excluding carboxylic acids is 3. The molecule has 0 aliphatic heterocycles. The van der Waals surface area contributed by atoms with Gasteiger partial charge in [0.1, 0.15) is 18.1 Å². The third kappa shape index (κ3) is 9.58. The van der Waals surface area contributed by atoms with E-state index in [-0.39, 0.29) is 12.2 Å². The van der Waals surface area contributed by atoms with Crippen LogP contribution in [0.15, 0.2) is 0 Å². The molecule has 0 heterocycles. The molecule has 0 aromatic heterocycles. The van der Waals surface area contributed by atoms with Crippen LogP contribution in [0.25, 0.3) is 0 Å². The first-order chi connectivity index (χ1) is 13.4. The highest BCUT2D eigenvalue weighted by Gasteiger charge is 2.31. The van der Waals surface area contributed by atoms with Crippen LogP contribution in [-0.2, 0) is 24.0 Å². The number of hydrogen-bond acceptors (Lipinski definition) is 8. The van der Waals surface area contributed by atoms with E-state index in [0.29, 0.717) is 0 Å². The molecule has 166 valence electrons. The number of hydrogen-bond donors (Lipinski definition) is 8. The Hall–Kier alpha value is -2.38. The zero-order valence-corrected chi connectivity index (χ0v) is 17.0. The predicted molar refractivity (Wildman–Crippen MR) is 104 cm³/mol. The third-order valence-electron chi connectivity index (χ3n) is 3.86. The number of nitrogens with one attached hydrogen (secondary N) is 3. The lowest BCUT2D eigenvalue weighted by Crippen LogP contribution is -2.59. The minimum Gasteiger partial charge on any atom is -0.481 e. The fourth-order valence-electron chi connectivity index (χ4n) is 2.13. The molecule has 0 aliphatic rings. The maximum atomic E-state index is 12.6. The van der Waals surface area contributed by atoms with Crippen molar-refractivity contribution in [2.24, 2.45) is 11.7 Å². The van der Waals surface area contributed by atoms with Crippen LogP contribution in [0.5, 0.6) is 0 Å². The predicted octanol–water partition coefficient (Wildman–Crippen LogP) is -2.70. The molecular formula is C16H28N4O8S. The van der Waals surface area contributed by atoms with Crippen molar-refractivity contribution in [3.63, 3.8) is 0 Å². The van der Waals surface area contributed by atoms with Crippen LogP contribution in [-0.4, -0.2) is 81.5 Å². The quantitative estimate of drug-likeness (QED) is 0.141. The SMILES string of the molecule is CC(C)C(NC(=O)C(CCC(=O)O)NC(=O)C(N)CS)C(=O)NC(CO)C(=O)O. The average Bonchev–Trinajstić information content (AvgIpc) is 2.65. The Kier molecular flexibility index (Phi) is 11.9. The maximum absolute atomic E-state index is 12.6. The first-order valence-electron chi connectivity index (χ1n) is 8.77. The molecule has 29 heavy (non-hydrogen) atoms. The van der Waals surface area contributed by atoms with E-state index in [1.165, 1.54) is 0 Å². The topological polar surface area (TPSA) is 208 Å². The number of amides is 3. The molecule has 0 bridgehead atoms. The number of aliphatic hydroxyl groups excluding tert-OH is 1. The highest BCUT2D eigenvalue weighted by Crippen LogP contribution is 2.06. The van der Waals surface area contributed by atoms with E-state index < -0.39 is 72.8 Å². The monoisotopic (exact) mass is 436 g/mol. The van der Waals surface area contributed by atoms with Crippen molar-refractivity contribution < 1.29 is 39.3 Å². The Balaban J connectivity index is 5.34. The number of carboxylic acid groups (broad SMARTS) is 2. The third-order valence-corrected chi connectivity index (χ3v) is 4.25. The first kappa shape index (κ1) is 26.6. The summed E-state index contributed by atoms with van der Waals surface area (Å²) in [4.78, 5) is 58.7. The molecule has 0 fully saturated rings. The summed E-state index contributed by atoms with van der Waals surface area (Å²) < 4.78 is 0. The molecule has 0 saturated carbocycles. The van der Waals surface area contributed by atoms with E-state index in [4.69, 9.17) is 21.1 Å². The van der Waals surface area contributed by atoms with E-state index in [9.17, 15) is 24.0 Å². The molecule has 8 N–H and O–H groups in total. The van der Waals surface area contributed by atoms with Gasteiger partial charge in [0.05, 0.1) is 12.6 Å². The summed E-state index contributed by atoms with van der Waals surface area (Å²) in [5, 5.41) is 33.6. The molecule has 3 amide bonds. The second-order valence-corrected chi connectivity index (χ2v) is 6.96. The number of aliphatic carboxylic acids is 2. The smallest absolute Gasteiger partial charge is 0.328 e. The largest absolute Gasteiger partial charge is 0.481 e. The molecule has 4 unspecified atom stereocenters. The van der Waals surface area contributed by atoms with E-state index in [2.05, 4.69) is 28.6 Å². The van der Waals surface area contributed by atoms with Crippen LogP contribution >= 0.6 is 12.6 Å².